The second kappa shape index (κ2) is 8.09. The van der Waals surface area contributed by atoms with Crippen molar-refractivity contribution >= 4 is 16.0 Å². The maximum absolute atomic E-state index is 12.8. The minimum absolute atomic E-state index is 0.0973. The van der Waals surface area contributed by atoms with Crippen molar-refractivity contribution in [3.8, 4) is 0 Å². The zero-order chi connectivity index (χ0) is 17.7. The molecule has 1 fully saturated rings. The van der Waals surface area contributed by atoms with Gasteiger partial charge in [-0.05, 0) is 48.9 Å². The summed E-state index contributed by atoms with van der Waals surface area (Å²) >= 11 is 0. The Morgan fingerprint density at radius 2 is 2.00 bits per heavy atom. The van der Waals surface area contributed by atoms with Crippen molar-refractivity contribution in [3.63, 3.8) is 0 Å². The van der Waals surface area contributed by atoms with Gasteiger partial charge >= 0.3 is 5.97 Å². The van der Waals surface area contributed by atoms with E-state index in [1.165, 1.54) is 4.31 Å². The van der Waals surface area contributed by atoms with E-state index in [4.69, 9.17) is 5.11 Å². The fraction of sp³-hybridized carbons (Fsp3) is 0.588. The molecule has 0 amide bonds. The summed E-state index contributed by atoms with van der Waals surface area (Å²) in [6.07, 6.45) is 1.70. The van der Waals surface area contributed by atoms with Gasteiger partial charge in [0.15, 0.2) is 0 Å². The Labute approximate surface area is 143 Å². The van der Waals surface area contributed by atoms with Gasteiger partial charge in [-0.15, -0.1) is 0 Å². The quantitative estimate of drug-likeness (QED) is 0.781. The highest BCUT2D eigenvalue weighted by molar-refractivity contribution is 7.89. The largest absolute Gasteiger partial charge is 0.480 e. The van der Waals surface area contributed by atoms with E-state index in [9.17, 15) is 13.2 Å². The van der Waals surface area contributed by atoms with Gasteiger partial charge in [-0.3, -0.25) is 4.79 Å². The van der Waals surface area contributed by atoms with Crippen molar-refractivity contribution in [1.29, 1.82) is 0 Å². The Morgan fingerprint density at radius 3 is 2.58 bits per heavy atom. The third-order valence-corrected chi connectivity index (χ3v) is 6.25. The molecule has 1 aromatic carbocycles. The molecule has 0 aromatic heterocycles. The highest BCUT2D eigenvalue weighted by Gasteiger charge is 2.30. The van der Waals surface area contributed by atoms with Crippen LogP contribution >= 0.6 is 0 Å². The van der Waals surface area contributed by atoms with E-state index < -0.39 is 16.0 Å². The smallest absolute Gasteiger partial charge is 0.317 e. The number of rotatable bonds is 7. The molecule has 0 bridgehead atoms. The average molecular weight is 354 g/mol. The molecule has 1 unspecified atom stereocenters. The SMILES string of the molecule is CC(C)c1ccc(S(=O)(=O)N2CCCC(CNCC(=O)O)C2)cc1. The maximum Gasteiger partial charge on any atom is 0.317 e. The van der Waals surface area contributed by atoms with Crippen molar-refractivity contribution in [2.75, 3.05) is 26.2 Å². The molecule has 1 aromatic rings. The molecule has 24 heavy (non-hydrogen) atoms. The van der Waals surface area contributed by atoms with Crippen LogP contribution in [0.5, 0.6) is 0 Å². The summed E-state index contributed by atoms with van der Waals surface area (Å²) in [6.45, 7) is 5.51. The lowest BCUT2D eigenvalue weighted by molar-refractivity contribution is -0.136. The molecular formula is C17H26N2O4S. The normalized spacial score (nSPS) is 19.5. The third kappa shape index (κ3) is 4.78. The van der Waals surface area contributed by atoms with Crippen LogP contribution < -0.4 is 5.32 Å². The number of sulfonamides is 1. The zero-order valence-electron chi connectivity index (χ0n) is 14.2. The summed E-state index contributed by atoms with van der Waals surface area (Å²) in [5, 5.41) is 11.5. The summed E-state index contributed by atoms with van der Waals surface area (Å²) in [7, 11) is -3.49. The number of hydrogen-bond donors (Lipinski definition) is 2. The van der Waals surface area contributed by atoms with Crippen molar-refractivity contribution in [2.45, 2.75) is 37.5 Å². The van der Waals surface area contributed by atoms with Crippen LogP contribution in [0.3, 0.4) is 0 Å². The van der Waals surface area contributed by atoms with Gasteiger partial charge in [0, 0.05) is 13.1 Å². The van der Waals surface area contributed by atoms with Crippen LogP contribution in [0, 0.1) is 5.92 Å². The number of nitrogens with zero attached hydrogens (tertiary/aromatic N) is 1. The number of benzene rings is 1. The van der Waals surface area contributed by atoms with Crippen LogP contribution in [0.4, 0.5) is 0 Å². The van der Waals surface area contributed by atoms with Crippen molar-refractivity contribution in [3.05, 3.63) is 29.8 Å². The predicted molar refractivity (Wildman–Crippen MR) is 92.5 cm³/mol. The standard InChI is InChI=1S/C17H26N2O4S/c1-13(2)15-5-7-16(8-6-15)24(22,23)19-9-3-4-14(12-19)10-18-11-17(20)21/h5-8,13-14,18H,3-4,9-12H2,1-2H3,(H,20,21). The molecule has 7 heteroatoms. The summed E-state index contributed by atoms with van der Waals surface area (Å²) in [5.41, 5.74) is 1.11. The maximum atomic E-state index is 12.8. The first-order valence-corrected chi connectivity index (χ1v) is 9.77. The molecule has 0 saturated carbocycles. The zero-order valence-corrected chi connectivity index (χ0v) is 15.1. The molecular weight excluding hydrogens is 328 g/mol. The highest BCUT2D eigenvalue weighted by Crippen LogP contribution is 2.25. The van der Waals surface area contributed by atoms with Gasteiger partial charge in [-0.25, -0.2) is 8.42 Å². The van der Waals surface area contributed by atoms with Crippen molar-refractivity contribution in [1.82, 2.24) is 9.62 Å². The molecule has 2 rings (SSSR count). The number of nitrogens with one attached hydrogen (secondary N) is 1. The van der Waals surface area contributed by atoms with E-state index in [1.54, 1.807) is 12.1 Å². The summed E-state index contributed by atoms with van der Waals surface area (Å²) in [6, 6.07) is 7.09. The van der Waals surface area contributed by atoms with E-state index in [2.05, 4.69) is 19.2 Å². The van der Waals surface area contributed by atoms with Crippen LogP contribution in [0.1, 0.15) is 38.2 Å². The number of carboxylic acids is 1. The average Bonchev–Trinajstić information content (AvgIpc) is 2.55. The lowest BCUT2D eigenvalue weighted by Crippen LogP contribution is -2.43. The molecule has 0 aliphatic carbocycles. The molecule has 1 heterocycles. The van der Waals surface area contributed by atoms with Gasteiger partial charge < -0.3 is 10.4 Å². The van der Waals surface area contributed by atoms with Gasteiger partial charge in [0.1, 0.15) is 0 Å². The van der Waals surface area contributed by atoms with Gasteiger partial charge in [0.25, 0.3) is 0 Å². The minimum atomic E-state index is -3.49. The Morgan fingerprint density at radius 1 is 1.33 bits per heavy atom. The lowest BCUT2D eigenvalue weighted by atomic mass is 10.00. The van der Waals surface area contributed by atoms with E-state index >= 15 is 0 Å². The van der Waals surface area contributed by atoms with Gasteiger partial charge in [-0.2, -0.15) is 4.31 Å². The first-order valence-electron chi connectivity index (χ1n) is 8.33. The van der Waals surface area contributed by atoms with Crippen LogP contribution in [0.15, 0.2) is 29.2 Å². The predicted octanol–water partition coefficient (Wildman–Crippen LogP) is 1.88. The summed E-state index contributed by atoms with van der Waals surface area (Å²) in [5.74, 6) is -0.398. The molecule has 0 spiro atoms. The molecule has 1 atom stereocenters. The summed E-state index contributed by atoms with van der Waals surface area (Å²) < 4.78 is 27.1. The second-order valence-corrected chi connectivity index (χ2v) is 8.56. The molecule has 134 valence electrons. The Kier molecular flexibility index (Phi) is 6.37. The fourth-order valence-corrected chi connectivity index (χ4v) is 4.52. The van der Waals surface area contributed by atoms with Gasteiger partial charge in [-0.1, -0.05) is 26.0 Å². The highest BCUT2D eigenvalue weighted by atomic mass is 32.2. The first-order chi connectivity index (χ1) is 11.3. The molecule has 6 nitrogen and oxygen atoms in total. The van der Waals surface area contributed by atoms with Gasteiger partial charge in [0.2, 0.25) is 10.0 Å². The number of piperidine rings is 1. The molecule has 0 radical (unpaired) electrons. The number of carboxylic acid groups (broad SMARTS) is 1. The summed E-state index contributed by atoms with van der Waals surface area (Å²) in [4.78, 5) is 10.9. The lowest BCUT2D eigenvalue weighted by Gasteiger charge is -2.32. The molecule has 1 saturated heterocycles. The number of hydrogen-bond acceptors (Lipinski definition) is 4. The number of aliphatic carboxylic acids is 1. The third-order valence-electron chi connectivity index (χ3n) is 4.38. The molecule has 2 N–H and O–H groups in total. The minimum Gasteiger partial charge on any atom is -0.480 e. The van der Waals surface area contributed by atoms with Crippen molar-refractivity contribution in [2.24, 2.45) is 5.92 Å². The van der Waals surface area contributed by atoms with Crippen LogP contribution in [0.25, 0.3) is 0 Å². The van der Waals surface area contributed by atoms with Gasteiger partial charge in [0.05, 0.1) is 11.4 Å². The van der Waals surface area contributed by atoms with E-state index in [0.717, 1.165) is 18.4 Å². The topological polar surface area (TPSA) is 86.7 Å². The first kappa shape index (κ1) is 18.9. The van der Waals surface area contributed by atoms with Crippen LogP contribution in [-0.2, 0) is 14.8 Å². The van der Waals surface area contributed by atoms with E-state index in [1.807, 2.05) is 12.1 Å². The van der Waals surface area contributed by atoms with E-state index in [-0.39, 0.29) is 12.5 Å². The van der Waals surface area contributed by atoms with Crippen LogP contribution in [-0.4, -0.2) is 50.0 Å². The Hall–Kier alpha value is -1.44. The second-order valence-electron chi connectivity index (χ2n) is 6.62. The number of carbonyl (C=O) groups is 1. The van der Waals surface area contributed by atoms with Crippen LogP contribution in [0.2, 0.25) is 0 Å². The molecule has 1 aliphatic rings. The Balaban J connectivity index is 2.03. The van der Waals surface area contributed by atoms with E-state index in [0.29, 0.717) is 30.4 Å². The van der Waals surface area contributed by atoms with Crippen molar-refractivity contribution < 1.29 is 18.3 Å². The monoisotopic (exact) mass is 354 g/mol. The fourth-order valence-electron chi connectivity index (χ4n) is 2.97. The Bertz CT molecular complexity index is 656. The molecule has 1 aliphatic heterocycles.